The molecule has 12 heavy (non-hydrogen) atoms. The first-order valence-corrected chi connectivity index (χ1v) is 4.64. The second kappa shape index (κ2) is 4.21. The van der Waals surface area contributed by atoms with E-state index < -0.39 is 0 Å². The molecule has 0 aromatic rings. The van der Waals surface area contributed by atoms with E-state index in [0.29, 0.717) is 6.04 Å². The molecule has 3 unspecified atom stereocenters. The summed E-state index contributed by atoms with van der Waals surface area (Å²) in [6, 6.07) is 0.555. The van der Waals surface area contributed by atoms with Gasteiger partial charge in [-0.1, -0.05) is 6.92 Å². The summed E-state index contributed by atoms with van der Waals surface area (Å²) in [5, 5.41) is 9.54. The highest BCUT2D eigenvalue weighted by molar-refractivity contribution is 4.86. The Morgan fingerprint density at radius 2 is 2.25 bits per heavy atom. The third-order valence-electron chi connectivity index (χ3n) is 2.78. The Bertz CT molecular complexity index is 140. The van der Waals surface area contributed by atoms with Crippen LogP contribution in [0.4, 0.5) is 0 Å². The molecular formula is C9H19NO2. The molecular weight excluding hydrogens is 154 g/mol. The number of methoxy groups -OCH3 is 1. The molecule has 3 heteroatoms. The van der Waals surface area contributed by atoms with Crippen LogP contribution in [0.15, 0.2) is 0 Å². The summed E-state index contributed by atoms with van der Waals surface area (Å²) in [5.41, 5.74) is 0. The van der Waals surface area contributed by atoms with Gasteiger partial charge in [0.1, 0.15) is 0 Å². The van der Waals surface area contributed by atoms with Gasteiger partial charge in [0.25, 0.3) is 0 Å². The number of β-amino-alcohol motifs (C(OH)–C–C–N with tert-alkyl or cyclic N) is 1. The first kappa shape index (κ1) is 9.96. The zero-order valence-corrected chi connectivity index (χ0v) is 8.16. The molecule has 0 bridgehead atoms. The van der Waals surface area contributed by atoms with Gasteiger partial charge >= 0.3 is 0 Å². The molecule has 3 nitrogen and oxygen atoms in total. The number of hydrogen-bond acceptors (Lipinski definition) is 3. The van der Waals surface area contributed by atoms with Gasteiger partial charge in [-0.15, -0.1) is 0 Å². The smallest absolute Gasteiger partial charge is 0.0969 e. The minimum absolute atomic E-state index is 0.0130. The molecule has 1 saturated heterocycles. The molecule has 1 fully saturated rings. The molecule has 0 spiro atoms. The van der Waals surface area contributed by atoms with Crippen LogP contribution in [-0.4, -0.2) is 48.5 Å². The zero-order chi connectivity index (χ0) is 9.14. The van der Waals surface area contributed by atoms with Gasteiger partial charge in [-0.2, -0.15) is 0 Å². The predicted octanol–water partition coefficient (Wildman–Crippen LogP) is 0.476. The van der Waals surface area contributed by atoms with E-state index in [1.807, 2.05) is 0 Å². The summed E-state index contributed by atoms with van der Waals surface area (Å²) in [4.78, 5) is 2.28. The van der Waals surface area contributed by atoms with Crippen molar-refractivity contribution in [2.75, 3.05) is 20.2 Å². The van der Waals surface area contributed by atoms with E-state index in [4.69, 9.17) is 4.74 Å². The third kappa shape index (κ3) is 1.97. The van der Waals surface area contributed by atoms with Crippen LogP contribution in [0.2, 0.25) is 0 Å². The van der Waals surface area contributed by atoms with E-state index in [9.17, 15) is 5.11 Å². The lowest BCUT2D eigenvalue weighted by Crippen LogP contribution is -2.31. The molecule has 72 valence electrons. The first-order chi connectivity index (χ1) is 5.69. The van der Waals surface area contributed by atoms with Gasteiger partial charge in [0.15, 0.2) is 0 Å². The molecule has 0 aromatic carbocycles. The van der Waals surface area contributed by atoms with E-state index in [1.54, 1.807) is 7.11 Å². The lowest BCUT2D eigenvalue weighted by atomic mass is 10.2. The fourth-order valence-corrected chi connectivity index (χ4v) is 1.63. The largest absolute Gasteiger partial charge is 0.389 e. The normalized spacial score (nSPS) is 34.0. The van der Waals surface area contributed by atoms with Gasteiger partial charge in [0.05, 0.1) is 12.2 Å². The van der Waals surface area contributed by atoms with Crippen LogP contribution in [0.3, 0.4) is 0 Å². The zero-order valence-electron chi connectivity index (χ0n) is 8.16. The minimum Gasteiger partial charge on any atom is -0.389 e. The first-order valence-electron chi connectivity index (χ1n) is 4.64. The van der Waals surface area contributed by atoms with Crippen LogP contribution in [-0.2, 0) is 4.74 Å². The van der Waals surface area contributed by atoms with Gasteiger partial charge in [-0.25, -0.2) is 0 Å². The molecule has 1 heterocycles. The lowest BCUT2D eigenvalue weighted by molar-refractivity contribution is 0.0214. The highest BCUT2D eigenvalue weighted by atomic mass is 16.5. The quantitative estimate of drug-likeness (QED) is 0.673. The number of aliphatic hydroxyl groups is 1. The number of likely N-dealkylation sites (tertiary alicyclic amines) is 1. The van der Waals surface area contributed by atoms with E-state index >= 15 is 0 Å². The maximum Gasteiger partial charge on any atom is 0.0969 e. The van der Waals surface area contributed by atoms with Gasteiger partial charge in [-0.3, -0.25) is 4.90 Å². The number of hydrogen-bond donors (Lipinski definition) is 1. The Morgan fingerprint density at radius 3 is 2.67 bits per heavy atom. The van der Waals surface area contributed by atoms with Gasteiger partial charge in [0, 0.05) is 26.2 Å². The predicted molar refractivity (Wildman–Crippen MR) is 48.1 cm³/mol. The topological polar surface area (TPSA) is 32.7 Å². The van der Waals surface area contributed by atoms with Crippen molar-refractivity contribution in [2.24, 2.45) is 0 Å². The summed E-state index contributed by atoms with van der Waals surface area (Å²) >= 11 is 0. The van der Waals surface area contributed by atoms with Gasteiger partial charge in [-0.05, 0) is 13.3 Å². The van der Waals surface area contributed by atoms with Gasteiger partial charge < -0.3 is 9.84 Å². The van der Waals surface area contributed by atoms with Crippen LogP contribution in [0.5, 0.6) is 0 Å². The maximum absolute atomic E-state index is 9.54. The standard InChI is InChI=1S/C9H19NO2/c1-4-7(2)10-5-8(11)9(6-10)12-3/h7-9,11H,4-6H2,1-3H3. The van der Waals surface area contributed by atoms with Crippen LogP contribution in [0.1, 0.15) is 20.3 Å². The molecule has 0 amide bonds. The fourth-order valence-electron chi connectivity index (χ4n) is 1.63. The molecule has 0 aromatic heterocycles. The Labute approximate surface area is 74.3 Å². The van der Waals surface area contributed by atoms with Crippen LogP contribution in [0.25, 0.3) is 0 Å². The van der Waals surface area contributed by atoms with Crippen LogP contribution >= 0.6 is 0 Å². The van der Waals surface area contributed by atoms with E-state index in [1.165, 1.54) is 0 Å². The van der Waals surface area contributed by atoms with Gasteiger partial charge in [0.2, 0.25) is 0 Å². The van der Waals surface area contributed by atoms with Crippen LogP contribution in [0, 0.1) is 0 Å². The highest BCUT2D eigenvalue weighted by Crippen LogP contribution is 2.16. The minimum atomic E-state index is -0.302. The van der Waals surface area contributed by atoms with Crippen LogP contribution < -0.4 is 0 Å². The van der Waals surface area contributed by atoms with Crippen molar-refractivity contribution in [3.8, 4) is 0 Å². The van der Waals surface area contributed by atoms with Crippen molar-refractivity contribution < 1.29 is 9.84 Å². The van der Waals surface area contributed by atoms with E-state index in [-0.39, 0.29) is 12.2 Å². The molecule has 0 saturated carbocycles. The van der Waals surface area contributed by atoms with Crippen molar-refractivity contribution >= 4 is 0 Å². The summed E-state index contributed by atoms with van der Waals surface area (Å²) in [5.74, 6) is 0. The Kier molecular flexibility index (Phi) is 3.50. The lowest BCUT2D eigenvalue weighted by Gasteiger charge is -2.22. The average molecular weight is 173 g/mol. The second-order valence-corrected chi connectivity index (χ2v) is 3.55. The fraction of sp³-hybridized carbons (Fsp3) is 1.00. The number of rotatable bonds is 3. The number of aliphatic hydroxyl groups excluding tert-OH is 1. The van der Waals surface area contributed by atoms with Crippen molar-refractivity contribution in [1.29, 1.82) is 0 Å². The summed E-state index contributed by atoms with van der Waals surface area (Å²) in [6.45, 7) is 5.97. The summed E-state index contributed by atoms with van der Waals surface area (Å²) in [7, 11) is 1.66. The van der Waals surface area contributed by atoms with E-state index in [0.717, 1.165) is 19.5 Å². The Morgan fingerprint density at radius 1 is 1.58 bits per heavy atom. The SMILES string of the molecule is CCC(C)N1CC(O)C(OC)C1. The molecule has 1 rings (SSSR count). The molecule has 1 aliphatic heterocycles. The number of ether oxygens (including phenoxy) is 1. The number of nitrogens with zero attached hydrogens (tertiary/aromatic N) is 1. The third-order valence-corrected chi connectivity index (χ3v) is 2.78. The summed E-state index contributed by atoms with van der Waals surface area (Å²) in [6.07, 6.45) is 0.839. The van der Waals surface area contributed by atoms with Crippen molar-refractivity contribution in [2.45, 2.75) is 38.5 Å². The molecule has 1 aliphatic rings. The van der Waals surface area contributed by atoms with Crippen molar-refractivity contribution in [3.63, 3.8) is 0 Å². The summed E-state index contributed by atoms with van der Waals surface area (Å²) < 4.78 is 5.16. The Balaban J connectivity index is 2.42. The maximum atomic E-state index is 9.54. The molecule has 0 radical (unpaired) electrons. The monoisotopic (exact) mass is 173 g/mol. The molecule has 3 atom stereocenters. The molecule has 0 aliphatic carbocycles. The van der Waals surface area contributed by atoms with Crippen molar-refractivity contribution in [3.05, 3.63) is 0 Å². The Hall–Kier alpha value is -0.120. The molecule has 1 N–H and O–H groups in total. The van der Waals surface area contributed by atoms with Crippen molar-refractivity contribution in [1.82, 2.24) is 4.90 Å². The highest BCUT2D eigenvalue weighted by Gasteiger charge is 2.32. The average Bonchev–Trinajstić information content (AvgIpc) is 2.45. The van der Waals surface area contributed by atoms with E-state index in [2.05, 4.69) is 18.7 Å². The second-order valence-electron chi connectivity index (χ2n) is 3.55.